The van der Waals surface area contributed by atoms with E-state index in [-0.39, 0.29) is 35.4 Å². The molecule has 0 bridgehead atoms. The largest absolute Gasteiger partial charge is 0.342 e. The molecule has 1 heterocycles. The van der Waals surface area contributed by atoms with Gasteiger partial charge >= 0.3 is 0 Å². The van der Waals surface area contributed by atoms with E-state index in [0.29, 0.717) is 6.42 Å². The lowest BCUT2D eigenvalue weighted by Crippen LogP contribution is -2.68. The monoisotopic (exact) mass is 254 g/mol. The van der Waals surface area contributed by atoms with Crippen molar-refractivity contribution in [2.24, 2.45) is 5.41 Å². The number of hydrogen-bond donors (Lipinski definition) is 1. The molecule has 0 radical (unpaired) electrons. The van der Waals surface area contributed by atoms with Gasteiger partial charge in [-0.1, -0.05) is 34.1 Å². The van der Waals surface area contributed by atoms with E-state index in [0.717, 1.165) is 6.42 Å². The third kappa shape index (κ3) is 2.85. The number of piperazine rings is 1. The predicted molar refractivity (Wildman–Crippen MR) is 72.1 cm³/mol. The van der Waals surface area contributed by atoms with E-state index in [2.05, 4.69) is 5.32 Å². The zero-order chi connectivity index (χ0) is 14.1. The number of carbonyl (C=O) groups is 2. The van der Waals surface area contributed by atoms with Gasteiger partial charge in [0.2, 0.25) is 11.8 Å². The number of rotatable bonds is 3. The summed E-state index contributed by atoms with van der Waals surface area (Å²) in [6, 6.07) is -0.672. The fourth-order valence-corrected chi connectivity index (χ4v) is 2.59. The Morgan fingerprint density at radius 2 is 1.83 bits per heavy atom. The van der Waals surface area contributed by atoms with Crippen LogP contribution in [0, 0.1) is 5.41 Å². The molecular formula is C14H26N2O2. The number of carbonyl (C=O) groups excluding carboxylic acids is 2. The maximum atomic E-state index is 12.5. The van der Waals surface area contributed by atoms with Crippen LogP contribution in [-0.4, -0.2) is 34.8 Å². The van der Waals surface area contributed by atoms with Crippen molar-refractivity contribution in [1.82, 2.24) is 10.2 Å². The Kier molecular flexibility index (Phi) is 4.41. The van der Waals surface area contributed by atoms with Gasteiger partial charge in [-0.2, -0.15) is 0 Å². The van der Waals surface area contributed by atoms with Crippen molar-refractivity contribution in [3.05, 3.63) is 0 Å². The lowest BCUT2D eigenvalue weighted by atomic mass is 9.82. The quantitative estimate of drug-likeness (QED) is 0.836. The highest BCUT2D eigenvalue weighted by atomic mass is 16.2. The second-order valence-electron chi connectivity index (χ2n) is 6.46. The average Bonchev–Trinajstić information content (AvgIpc) is 2.20. The highest BCUT2D eigenvalue weighted by molar-refractivity contribution is 5.97. The number of nitrogens with zero attached hydrogens (tertiary/aromatic N) is 1. The average molecular weight is 254 g/mol. The van der Waals surface area contributed by atoms with Gasteiger partial charge in [0.15, 0.2) is 0 Å². The van der Waals surface area contributed by atoms with Gasteiger partial charge in [0.25, 0.3) is 0 Å². The summed E-state index contributed by atoms with van der Waals surface area (Å²) in [5, 5.41) is 2.88. The third-order valence-corrected chi connectivity index (χ3v) is 3.35. The molecule has 1 fully saturated rings. The Morgan fingerprint density at radius 3 is 2.22 bits per heavy atom. The van der Waals surface area contributed by atoms with Crippen LogP contribution in [-0.2, 0) is 9.59 Å². The molecular weight excluding hydrogens is 228 g/mol. The lowest BCUT2D eigenvalue weighted by Gasteiger charge is -2.46. The molecule has 1 aliphatic heterocycles. The van der Waals surface area contributed by atoms with E-state index in [1.54, 1.807) is 4.90 Å². The number of nitrogens with one attached hydrogen (secondary N) is 1. The first kappa shape index (κ1) is 15.0. The van der Waals surface area contributed by atoms with Crippen molar-refractivity contribution in [1.29, 1.82) is 0 Å². The van der Waals surface area contributed by atoms with Gasteiger partial charge in [-0.05, 0) is 25.7 Å². The molecule has 0 aromatic heterocycles. The van der Waals surface area contributed by atoms with Gasteiger partial charge in [0.05, 0.1) is 0 Å². The molecule has 4 heteroatoms. The first-order valence-corrected chi connectivity index (χ1v) is 6.82. The van der Waals surface area contributed by atoms with Crippen LogP contribution in [0.15, 0.2) is 0 Å². The molecule has 2 unspecified atom stereocenters. The Hall–Kier alpha value is -1.06. The molecule has 18 heavy (non-hydrogen) atoms. The molecule has 0 aromatic rings. The van der Waals surface area contributed by atoms with Crippen LogP contribution in [0.1, 0.15) is 54.4 Å². The molecule has 1 rings (SSSR count). The SMILES string of the molecule is CCCC1NC(=O)C(C(C)(C)C)N(C(C)C)C1=O. The smallest absolute Gasteiger partial charge is 0.246 e. The topological polar surface area (TPSA) is 49.4 Å². The lowest BCUT2D eigenvalue weighted by molar-refractivity contribution is -0.156. The van der Waals surface area contributed by atoms with Gasteiger partial charge < -0.3 is 10.2 Å². The predicted octanol–water partition coefficient (Wildman–Crippen LogP) is 1.94. The summed E-state index contributed by atoms with van der Waals surface area (Å²) >= 11 is 0. The molecule has 0 saturated carbocycles. The van der Waals surface area contributed by atoms with Crippen LogP contribution in [0.4, 0.5) is 0 Å². The first-order valence-electron chi connectivity index (χ1n) is 6.82. The van der Waals surface area contributed by atoms with E-state index in [1.807, 2.05) is 41.5 Å². The summed E-state index contributed by atoms with van der Waals surface area (Å²) in [4.78, 5) is 26.5. The van der Waals surface area contributed by atoms with Crippen LogP contribution in [0.2, 0.25) is 0 Å². The van der Waals surface area contributed by atoms with E-state index in [4.69, 9.17) is 0 Å². The molecule has 2 atom stereocenters. The van der Waals surface area contributed by atoms with Crippen molar-refractivity contribution in [2.45, 2.75) is 72.5 Å². The summed E-state index contributed by atoms with van der Waals surface area (Å²) in [7, 11) is 0. The van der Waals surface area contributed by atoms with E-state index in [1.165, 1.54) is 0 Å². The normalized spacial score (nSPS) is 25.6. The minimum absolute atomic E-state index is 0.0192. The van der Waals surface area contributed by atoms with Crippen LogP contribution in [0.25, 0.3) is 0 Å². The van der Waals surface area contributed by atoms with Gasteiger partial charge in [-0.25, -0.2) is 0 Å². The Balaban J connectivity index is 3.07. The summed E-state index contributed by atoms with van der Waals surface area (Å²) < 4.78 is 0. The fourth-order valence-electron chi connectivity index (χ4n) is 2.59. The summed E-state index contributed by atoms with van der Waals surface area (Å²) in [5.41, 5.74) is -0.249. The Labute approximate surface area is 110 Å². The van der Waals surface area contributed by atoms with Crippen molar-refractivity contribution < 1.29 is 9.59 Å². The summed E-state index contributed by atoms with van der Waals surface area (Å²) in [6.07, 6.45) is 1.60. The highest BCUT2D eigenvalue weighted by Gasteiger charge is 2.46. The second kappa shape index (κ2) is 5.29. The minimum Gasteiger partial charge on any atom is -0.342 e. The van der Waals surface area contributed by atoms with Gasteiger partial charge in [0, 0.05) is 6.04 Å². The van der Waals surface area contributed by atoms with Crippen molar-refractivity contribution >= 4 is 11.8 Å². The maximum Gasteiger partial charge on any atom is 0.246 e. The van der Waals surface area contributed by atoms with E-state index in [9.17, 15) is 9.59 Å². The molecule has 0 aliphatic carbocycles. The molecule has 1 saturated heterocycles. The van der Waals surface area contributed by atoms with Crippen molar-refractivity contribution in [3.8, 4) is 0 Å². The maximum absolute atomic E-state index is 12.5. The Bertz CT molecular complexity index is 331. The number of amides is 2. The molecule has 2 amide bonds. The van der Waals surface area contributed by atoms with Crippen molar-refractivity contribution in [2.75, 3.05) is 0 Å². The van der Waals surface area contributed by atoms with Gasteiger partial charge in [0.1, 0.15) is 12.1 Å². The van der Waals surface area contributed by atoms with E-state index >= 15 is 0 Å². The van der Waals surface area contributed by atoms with Gasteiger partial charge in [-0.3, -0.25) is 9.59 Å². The van der Waals surface area contributed by atoms with Crippen molar-refractivity contribution in [3.63, 3.8) is 0 Å². The van der Waals surface area contributed by atoms with Crippen LogP contribution >= 0.6 is 0 Å². The Morgan fingerprint density at radius 1 is 1.28 bits per heavy atom. The first-order chi connectivity index (χ1) is 8.20. The molecule has 1 aliphatic rings. The fraction of sp³-hybridized carbons (Fsp3) is 0.857. The molecule has 0 aromatic carbocycles. The zero-order valence-electron chi connectivity index (χ0n) is 12.4. The highest BCUT2D eigenvalue weighted by Crippen LogP contribution is 2.29. The summed E-state index contributed by atoms with van der Waals surface area (Å²) in [6.45, 7) is 12.0. The van der Waals surface area contributed by atoms with Gasteiger partial charge in [-0.15, -0.1) is 0 Å². The standard InChI is InChI=1S/C14H26N2O2/c1-7-8-10-13(18)16(9(2)3)11(12(17)15-10)14(4,5)6/h9-11H,7-8H2,1-6H3,(H,15,17). The molecule has 1 N–H and O–H groups in total. The number of hydrogen-bond acceptors (Lipinski definition) is 2. The van der Waals surface area contributed by atoms with E-state index < -0.39 is 0 Å². The minimum atomic E-state index is -0.377. The zero-order valence-corrected chi connectivity index (χ0v) is 12.4. The molecule has 0 spiro atoms. The second-order valence-corrected chi connectivity index (χ2v) is 6.46. The third-order valence-electron chi connectivity index (χ3n) is 3.35. The van der Waals surface area contributed by atoms with Crippen LogP contribution in [0.5, 0.6) is 0 Å². The molecule has 4 nitrogen and oxygen atoms in total. The summed E-state index contributed by atoms with van der Waals surface area (Å²) in [5.74, 6) is 0.0422. The van der Waals surface area contributed by atoms with Crippen LogP contribution in [0.3, 0.4) is 0 Å². The molecule has 104 valence electrons. The van der Waals surface area contributed by atoms with Crippen LogP contribution < -0.4 is 5.32 Å².